The van der Waals surface area contributed by atoms with E-state index in [2.05, 4.69) is 16.0 Å². The zero-order valence-electron chi connectivity index (χ0n) is 21.6. The van der Waals surface area contributed by atoms with Gasteiger partial charge in [0.15, 0.2) is 0 Å². The Balaban J connectivity index is 1.69. The maximum Gasteiger partial charge on any atom is 0.238 e. The highest BCUT2D eigenvalue weighted by Crippen LogP contribution is 2.57. The average molecular weight is 566 g/mol. The Bertz CT molecular complexity index is 1320. The van der Waals surface area contributed by atoms with Crippen molar-refractivity contribution in [2.75, 3.05) is 5.32 Å². The summed E-state index contributed by atoms with van der Waals surface area (Å²) in [5, 5.41) is 19.2. The van der Waals surface area contributed by atoms with Crippen LogP contribution in [0, 0.1) is 17.0 Å². The number of fused-ring (bicyclic) bond motifs is 2. The molecule has 6 nitrogen and oxygen atoms in total. The molecule has 1 saturated heterocycles. The second kappa shape index (κ2) is 9.15. The second-order valence-corrected chi connectivity index (χ2v) is 13.2. The van der Waals surface area contributed by atoms with Gasteiger partial charge in [0.25, 0.3) is 0 Å². The Morgan fingerprint density at radius 2 is 1.79 bits per heavy atom. The van der Waals surface area contributed by atoms with Crippen LogP contribution in [0.25, 0.3) is 0 Å². The van der Waals surface area contributed by atoms with Crippen molar-refractivity contribution in [2.24, 2.45) is 5.41 Å². The van der Waals surface area contributed by atoms with Crippen LogP contribution in [0.5, 0.6) is 0 Å². The van der Waals surface area contributed by atoms with Crippen LogP contribution in [0.15, 0.2) is 30.3 Å². The minimum absolute atomic E-state index is 0.132. The highest BCUT2D eigenvalue weighted by molar-refractivity contribution is 6.31. The Hall–Kier alpha value is -2.26. The van der Waals surface area contributed by atoms with E-state index in [1.807, 2.05) is 20.8 Å². The summed E-state index contributed by atoms with van der Waals surface area (Å²) in [5.74, 6) is -2.93. The Labute approximate surface area is 230 Å². The van der Waals surface area contributed by atoms with Crippen molar-refractivity contribution < 1.29 is 23.5 Å². The molecule has 3 aliphatic rings. The summed E-state index contributed by atoms with van der Waals surface area (Å²) in [5.41, 5.74) is -1.30. The minimum atomic E-state index is -1.41. The molecule has 2 aromatic rings. The molecule has 38 heavy (non-hydrogen) atoms. The fourth-order valence-electron chi connectivity index (χ4n) is 6.53. The summed E-state index contributed by atoms with van der Waals surface area (Å²) in [6.45, 7) is 7.77. The molecule has 2 heterocycles. The number of hydrogen-bond acceptors (Lipinski definition) is 4. The molecule has 4 N–H and O–H groups in total. The van der Waals surface area contributed by atoms with E-state index in [0.29, 0.717) is 36.1 Å². The van der Waals surface area contributed by atoms with Gasteiger partial charge in [0, 0.05) is 23.7 Å². The highest BCUT2D eigenvalue weighted by atomic mass is 35.5. The molecule has 0 bridgehead atoms. The van der Waals surface area contributed by atoms with Gasteiger partial charge in [0.05, 0.1) is 21.7 Å². The van der Waals surface area contributed by atoms with Gasteiger partial charge >= 0.3 is 0 Å². The molecule has 0 unspecified atom stereocenters. The number of hydrogen-bond donors (Lipinski definition) is 4. The molecule has 0 aromatic heterocycles. The van der Waals surface area contributed by atoms with Gasteiger partial charge in [-0.15, -0.1) is 0 Å². The number of rotatable bonds is 4. The summed E-state index contributed by atoms with van der Waals surface area (Å²) in [7, 11) is 0. The van der Waals surface area contributed by atoms with E-state index in [0.717, 1.165) is 0 Å². The topological polar surface area (TPSA) is 90.5 Å². The third-order valence-corrected chi connectivity index (χ3v) is 8.58. The van der Waals surface area contributed by atoms with E-state index in [1.165, 1.54) is 30.3 Å². The Kier molecular flexibility index (Phi) is 6.58. The molecule has 2 aliphatic heterocycles. The van der Waals surface area contributed by atoms with Crippen LogP contribution in [0.2, 0.25) is 10.0 Å². The molecule has 204 valence electrons. The van der Waals surface area contributed by atoms with Crippen LogP contribution in [-0.4, -0.2) is 40.6 Å². The SMILES string of the molecule is CC(C)(C)C[C@H]1N[C@@H](C(=O)NC2CC(C)(O)C2)[C@H](c2ccc(F)c(Cl)c2)[C@@]12C(=O)Nc1cc(Cl)c(F)cc12. The predicted molar refractivity (Wildman–Crippen MR) is 142 cm³/mol. The number of aliphatic hydroxyl groups is 1. The number of nitrogens with one attached hydrogen (secondary N) is 3. The van der Waals surface area contributed by atoms with Crippen LogP contribution < -0.4 is 16.0 Å². The van der Waals surface area contributed by atoms with E-state index in [1.54, 1.807) is 6.92 Å². The first-order valence-corrected chi connectivity index (χ1v) is 13.4. The smallest absolute Gasteiger partial charge is 0.238 e. The summed E-state index contributed by atoms with van der Waals surface area (Å²) in [6.07, 6.45) is 1.28. The first kappa shape index (κ1) is 27.3. The van der Waals surface area contributed by atoms with Crippen LogP contribution in [-0.2, 0) is 15.0 Å². The number of anilines is 1. The van der Waals surface area contributed by atoms with Crippen LogP contribution >= 0.6 is 23.2 Å². The van der Waals surface area contributed by atoms with Gasteiger partial charge in [0.2, 0.25) is 11.8 Å². The molecular weight excluding hydrogens is 535 g/mol. The van der Waals surface area contributed by atoms with Crippen molar-refractivity contribution in [1.82, 2.24) is 10.6 Å². The number of carbonyl (C=O) groups is 2. The highest BCUT2D eigenvalue weighted by Gasteiger charge is 2.66. The third-order valence-electron chi connectivity index (χ3n) is 8.00. The van der Waals surface area contributed by atoms with Crippen LogP contribution in [0.4, 0.5) is 14.5 Å². The van der Waals surface area contributed by atoms with Crippen molar-refractivity contribution in [3.63, 3.8) is 0 Å². The molecule has 2 amide bonds. The first-order chi connectivity index (χ1) is 17.6. The molecule has 2 aromatic carbocycles. The summed E-state index contributed by atoms with van der Waals surface area (Å²) >= 11 is 12.3. The molecule has 10 heteroatoms. The molecule has 4 atom stereocenters. The molecule has 1 spiro atoms. The molecule has 5 rings (SSSR count). The van der Waals surface area contributed by atoms with Gasteiger partial charge in [-0.1, -0.05) is 50.0 Å². The maximum atomic E-state index is 14.9. The fraction of sp³-hybridized carbons (Fsp3) is 0.500. The van der Waals surface area contributed by atoms with Gasteiger partial charge in [-0.05, 0) is 67.0 Å². The van der Waals surface area contributed by atoms with Crippen LogP contribution in [0.1, 0.15) is 64.0 Å². The van der Waals surface area contributed by atoms with E-state index < -0.39 is 46.6 Å². The Morgan fingerprint density at radius 3 is 2.39 bits per heavy atom. The van der Waals surface area contributed by atoms with Crippen molar-refractivity contribution >= 4 is 40.7 Å². The number of benzene rings is 2. The monoisotopic (exact) mass is 565 g/mol. The van der Waals surface area contributed by atoms with Gasteiger partial charge in [-0.25, -0.2) is 8.78 Å². The van der Waals surface area contributed by atoms with Gasteiger partial charge < -0.3 is 21.1 Å². The van der Waals surface area contributed by atoms with E-state index in [4.69, 9.17) is 23.2 Å². The molecule has 1 aliphatic carbocycles. The minimum Gasteiger partial charge on any atom is -0.390 e. The summed E-state index contributed by atoms with van der Waals surface area (Å²) in [6, 6.07) is 5.05. The van der Waals surface area contributed by atoms with Gasteiger partial charge in [-0.3, -0.25) is 9.59 Å². The summed E-state index contributed by atoms with van der Waals surface area (Å²) < 4.78 is 29.2. The summed E-state index contributed by atoms with van der Waals surface area (Å²) in [4.78, 5) is 27.9. The lowest BCUT2D eigenvalue weighted by Gasteiger charge is -2.42. The number of carbonyl (C=O) groups excluding carboxylic acids is 2. The fourth-order valence-corrected chi connectivity index (χ4v) is 6.89. The molecule has 0 radical (unpaired) electrons. The van der Waals surface area contributed by atoms with Gasteiger partial charge in [-0.2, -0.15) is 0 Å². The van der Waals surface area contributed by atoms with E-state index in [-0.39, 0.29) is 27.4 Å². The standard InChI is InChI=1S/C28H31Cl2F2N3O3/c1-26(2,3)12-21-28(15-8-19(32)17(30)9-20(15)34-25(28)37)22(13-5-6-18(31)16(29)7-13)23(35-21)24(36)33-14-10-27(4,38)11-14/h5-9,14,21-23,35,38H,10-12H2,1-4H3,(H,33,36)(H,34,37)/t14?,21-,22+,23-,27?,28+/m1/s1. The molecule has 2 fully saturated rings. The zero-order valence-corrected chi connectivity index (χ0v) is 23.1. The quantitative estimate of drug-likeness (QED) is 0.417. The van der Waals surface area contributed by atoms with Crippen molar-refractivity contribution in [3.8, 4) is 0 Å². The van der Waals surface area contributed by atoms with Crippen molar-refractivity contribution in [2.45, 2.75) is 82.0 Å². The normalized spacial score (nSPS) is 32.2. The lowest BCUT2D eigenvalue weighted by atomic mass is 9.62. The number of amides is 2. The van der Waals surface area contributed by atoms with Crippen molar-refractivity contribution in [3.05, 3.63) is 63.1 Å². The number of halogens is 4. The lowest BCUT2D eigenvalue weighted by molar-refractivity contribution is -0.127. The molecule has 1 saturated carbocycles. The zero-order chi connectivity index (χ0) is 27.8. The van der Waals surface area contributed by atoms with Gasteiger partial charge in [0.1, 0.15) is 17.0 Å². The van der Waals surface area contributed by atoms with E-state index >= 15 is 0 Å². The third kappa shape index (κ3) is 4.49. The Morgan fingerprint density at radius 1 is 1.13 bits per heavy atom. The average Bonchev–Trinajstić information content (AvgIpc) is 3.24. The largest absolute Gasteiger partial charge is 0.390 e. The van der Waals surface area contributed by atoms with Crippen molar-refractivity contribution in [1.29, 1.82) is 0 Å². The predicted octanol–water partition coefficient (Wildman–Crippen LogP) is 5.05. The lowest BCUT2D eigenvalue weighted by Crippen LogP contribution is -2.57. The maximum absolute atomic E-state index is 14.9. The molecular formula is C28H31Cl2F2N3O3. The first-order valence-electron chi connectivity index (χ1n) is 12.7. The second-order valence-electron chi connectivity index (χ2n) is 12.4. The van der Waals surface area contributed by atoms with Crippen LogP contribution in [0.3, 0.4) is 0 Å². The van der Waals surface area contributed by atoms with E-state index in [9.17, 15) is 23.5 Å².